The molecular formula is C23H25F3N2O5S. The van der Waals surface area contributed by atoms with Crippen molar-refractivity contribution in [1.29, 1.82) is 0 Å². The molecule has 0 aliphatic carbocycles. The highest BCUT2D eigenvalue weighted by molar-refractivity contribution is 7.93. The Morgan fingerprint density at radius 3 is 2.50 bits per heavy atom. The summed E-state index contributed by atoms with van der Waals surface area (Å²) in [6, 6.07) is 9.51. The lowest BCUT2D eigenvalue weighted by Crippen LogP contribution is -2.43. The number of anilines is 1. The predicted molar refractivity (Wildman–Crippen MR) is 118 cm³/mol. The minimum atomic E-state index is -5.26. The lowest BCUT2D eigenvalue weighted by Gasteiger charge is -2.27. The molecule has 2 aliphatic heterocycles. The molecular weight excluding hydrogens is 473 g/mol. The van der Waals surface area contributed by atoms with Gasteiger partial charge in [-0.3, -0.25) is 4.90 Å². The van der Waals surface area contributed by atoms with Gasteiger partial charge in [0.25, 0.3) is 10.0 Å². The number of carbonyl (C=O) groups excluding carboxylic acids is 1. The zero-order chi connectivity index (χ0) is 24.7. The average Bonchev–Trinajstić information content (AvgIpc) is 3.41. The quantitative estimate of drug-likeness (QED) is 0.565. The lowest BCUT2D eigenvalue weighted by atomic mass is 10.0. The van der Waals surface area contributed by atoms with Gasteiger partial charge in [-0.15, -0.1) is 0 Å². The van der Waals surface area contributed by atoms with Gasteiger partial charge in [-0.1, -0.05) is 18.2 Å². The fraction of sp³-hybridized carbons (Fsp3) is 0.435. The summed E-state index contributed by atoms with van der Waals surface area (Å²) in [5.74, 6) is -2.41. The van der Waals surface area contributed by atoms with Crippen LogP contribution in [0.25, 0.3) is 0 Å². The van der Waals surface area contributed by atoms with Crippen LogP contribution in [0.3, 0.4) is 0 Å². The van der Waals surface area contributed by atoms with E-state index < -0.39 is 28.4 Å². The summed E-state index contributed by atoms with van der Waals surface area (Å²) >= 11 is 0. The van der Waals surface area contributed by atoms with Crippen LogP contribution in [0.1, 0.15) is 29.5 Å². The first kappa shape index (κ1) is 24.3. The van der Waals surface area contributed by atoms with Gasteiger partial charge in [0.15, 0.2) is 6.23 Å². The van der Waals surface area contributed by atoms with E-state index in [2.05, 4.69) is 4.90 Å². The SMILES string of the molecule is COc1ccc(C)cc1S(=O)(=O)N1c2cccc(CN3CCCC3)c2CC1OC(=O)C(F)(F)F. The zero-order valence-corrected chi connectivity index (χ0v) is 19.6. The number of alkyl halides is 3. The van der Waals surface area contributed by atoms with Crippen molar-refractivity contribution in [3.8, 4) is 5.75 Å². The van der Waals surface area contributed by atoms with Crippen molar-refractivity contribution in [3.05, 3.63) is 53.1 Å². The van der Waals surface area contributed by atoms with Crippen LogP contribution in [0.4, 0.5) is 18.9 Å². The van der Waals surface area contributed by atoms with E-state index in [1.807, 2.05) is 6.07 Å². The third-order valence-electron chi connectivity index (χ3n) is 6.05. The summed E-state index contributed by atoms with van der Waals surface area (Å²) < 4.78 is 77.4. The van der Waals surface area contributed by atoms with E-state index in [1.54, 1.807) is 19.1 Å². The number of aryl methyl sites for hydroxylation is 1. The number of esters is 1. The standard InChI is InChI=1S/C23H25F3N2O5S/c1-15-8-9-19(32-2)20(12-15)34(30,31)28-18-7-5-6-16(14-27-10-3-4-11-27)17(18)13-21(28)33-22(29)23(24,25)26/h5-9,12,21H,3-4,10-11,13-14H2,1-2H3. The molecule has 1 unspecified atom stereocenters. The second kappa shape index (κ2) is 9.10. The van der Waals surface area contributed by atoms with Crippen molar-refractivity contribution in [2.45, 2.75) is 50.0 Å². The first-order valence-electron chi connectivity index (χ1n) is 10.8. The van der Waals surface area contributed by atoms with Crippen LogP contribution < -0.4 is 9.04 Å². The molecule has 7 nitrogen and oxygen atoms in total. The van der Waals surface area contributed by atoms with Crippen molar-refractivity contribution >= 4 is 21.7 Å². The summed E-state index contributed by atoms with van der Waals surface area (Å²) in [7, 11) is -3.15. The average molecular weight is 499 g/mol. The number of nitrogens with zero attached hydrogens (tertiary/aromatic N) is 2. The molecule has 2 aromatic rings. The van der Waals surface area contributed by atoms with Crippen LogP contribution >= 0.6 is 0 Å². The number of rotatable bonds is 6. The summed E-state index contributed by atoms with van der Waals surface area (Å²) in [4.78, 5) is 13.7. The van der Waals surface area contributed by atoms with Gasteiger partial charge in [-0.25, -0.2) is 17.5 Å². The van der Waals surface area contributed by atoms with Crippen molar-refractivity contribution in [2.24, 2.45) is 0 Å². The Labute approximate surface area is 196 Å². The second-order valence-corrected chi connectivity index (χ2v) is 10.2. The number of carbonyl (C=O) groups is 1. The fourth-order valence-electron chi connectivity index (χ4n) is 4.46. The van der Waals surface area contributed by atoms with Crippen LogP contribution in [0.2, 0.25) is 0 Å². The molecule has 0 radical (unpaired) electrons. The number of hydrogen-bond acceptors (Lipinski definition) is 6. The third-order valence-corrected chi connectivity index (χ3v) is 7.87. The number of sulfonamides is 1. The maximum absolute atomic E-state index is 13.8. The molecule has 34 heavy (non-hydrogen) atoms. The molecule has 0 bridgehead atoms. The number of hydrogen-bond donors (Lipinski definition) is 0. The molecule has 0 aromatic heterocycles. The number of halogens is 3. The van der Waals surface area contributed by atoms with Crippen LogP contribution in [0, 0.1) is 6.92 Å². The van der Waals surface area contributed by atoms with Gasteiger partial charge >= 0.3 is 12.1 Å². The highest BCUT2D eigenvalue weighted by Crippen LogP contribution is 2.42. The van der Waals surface area contributed by atoms with Gasteiger partial charge in [0.1, 0.15) is 10.6 Å². The molecule has 2 aromatic carbocycles. The van der Waals surface area contributed by atoms with E-state index in [9.17, 15) is 26.4 Å². The Morgan fingerprint density at radius 2 is 1.85 bits per heavy atom. The van der Waals surface area contributed by atoms with Crippen molar-refractivity contribution in [3.63, 3.8) is 0 Å². The predicted octanol–water partition coefficient (Wildman–Crippen LogP) is 3.78. The maximum atomic E-state index is 13.8. The van der Waals surface area contributed by atoms with Gasteiger partial charge < -0.3 is 9.47 Å². The smallest absolute Gasteiger partial charge is 0.491 e. The molecule has 4 rings (SSSR count). The Bertz CT molecular complexity index is 1190. The molecule has 0 spiro atoms. The van der Waals surface area contributed by atoms with E-state index in [4.69, 9.17) is 9.47 Å². The molecule has 0 N–H and O–H groups in total. The summed E-state index contributed by atoms with van der Waals surface area (Å²) in [5, 5.41) is 0. The van der Waals surface area contributed by atoms with E-state index in [-0.39, 0.29) is 22.8 Å². The van der Waals surface area contributed by atoms with Gasteiger partial charge in [0, 0.05) is 13.0 Å². The molecule has 1 fully saturated rings. The van der Waals surface area contributed by atoms with E-state index in [1.165, 1.54) is 25.3 Å². The number of ether oxygens (including phenoxy) is 2. The lowest BCUT2D eigenvalue weighted by molar-refractivity contribution is -0.204. The van der Waals surface area contributed by atoms with Crippen molar-refractivity contribution < 1.29 is 35.9 Å². The Hall–Kier alpha value is -2.79. The van der Waals surface area contributed by atoms with Crippen LogP contribution in [0.5, 0.6) is 5.75 Å². The minimum Gasteiger partial charge on any atom is -0.495 e. The first-order valence-corrected chi connectivity index (χ1v) is 12.3. The molecule has 1 atom stereocenters. The second-order valence-electron chi connectivity index (χ2n) is 8.42. The van der Waals surface area contributed by atoms with E-state index in [0.29, 0.717) is 17.7 Å². The molecule has 0 amide bonds. The highest BCUT2D eigenvalue weighted by atomic mass is 32.2. The van der Waals surface area contributed by atoms with Gasteiger partial charge in [0.2, 0.25) is 0 Å². The largest absolute Gasteiger partial charge is 0.495 e. The molecule has 1 saturated heterocycles. The van der Waals surface area contributed by atoms with E-state index >= 15 is 0 Å². The van der Waals surface area contributed by atoms with Crippen LogP contribution in [-0.2, 0) is 32.5 Å². The summed E-state index contributed by atoms with van der Waals surface area (Å²) in [6.45, 7) is 3.99. The van der Waals surface area contributed by atoms with Crippen LogP contribution in [-0.4, -0.2) is 51.9 Å². The molecule has 184 valence electrons. The van der Waals surface area contributed by atoms with Gasteiger partial charge in [-0.05, 0) is 67.7 Å². The number of fused-ring (bicyclic) bond motifs is 1. The summed E-state index contributed by atoms with van der Waals surface area (Å²) in [6.07, 6.45) is -5.03. The maximum Gasteiger partial charge on any atom is 0.491 e. The first-order chi connectivity index (χ1) is 16.0. The van der Waals surface area contributed by atoms with Crippen molar-refractivity contribution in [2.75, 3.05) is 24.5 Å². The number of likely N-dealkylation sites (tertiary alicyclic amines) is 1. The molecule has 0 saturated carbocycles. The van der Waals surface area contributed by atoms with E-state index in [0.717, 1.165) is 35.8 Å². The molecule has 2 aliphatic rings. The third kappa shape index (κ3) is 4.58. The Balaban J connectivity index is 1.81. The fourth-order valence-corrected chi connectivity index (χ4v) is 6.27. The zero-order valence-electron chi connectivity index (χ0n) is 18.8. The number of benzene rings is 2. The van der Waals surface area contributed by atoms with Gasteiger partial charge in [-0.2, -0.15) is 13.2 Å². The normalized spacial score (nSPS) is 18.7. The summed E-state index contributed by atoms with van der Waals surface area (Å²) in [5.41, 5.74) is 2.15. The topological polar surface area (TPSA) is 76.2 Å². The minimum absolute atomic E-state index is 0.0353. The highest BCUT2D eigenvalue weighted by Gasteiger charge is 2.48. The van der Waals surface area contributed by atoms with Crippen molar-refractivity contribution in [1.82, 2.24) is 4.90 Å². The van der Waals surface area contributed by atoms with Crippen LogP contribution in [0.15, 0.2) is 41.3 Å². The Kier molecular flexibility index (Phi) is 6.52. The Morgan fingerprint density at radius 1 is 1.15 bits per heavy atom. The monoisotopic (exact) mass is 498 g/mol. The molecule has 2 heterocycles. The molecule has 11 heteroatoms. The van der Waals surface area contributed by atoms with Gasteiger partial charge in [0.05, 0.1) is 12.8 Å². The number of methoxy groups -OCH3 is 1.